The van der Waals surface area contributed by atoms with Crippen LogP contribution in [0.2, 0.25) is 5.02 Å². The SMILES string of the molecule is CC1Oc2ccccc2N(CCC(=O)Nc2ccc(F)c(Cl)c2)C1=O. The maximum absolute atomic E-state index is 13.1. The number of para-hydroxylation sites is 2. The van der Waals surface area contributed by atoms with Crippen LogP contribution in [0, 0.1) is 5.82 Å². The molecule has 1 heterocycles. The van der Waals surface area contributed by atoms with Gasteiger partial charge in [-0.15, -0.1) is 0 Å². The first-order valence-electron chi connectivity index (χ1n) is 7.77. The van der Waals surface area contributed by atoms with Crippen molar-refractivity contribution in [2.24, 2.45) is 0 Å². The highest BCUT2D eigenvalue weighted by Crippen LogP contribution is 2.33. The monoisotopic (exact) mass is 362 g/mol. The van der Waals surface area contributed by atoms with E-state index in [-0.39, 0.29) is 29.8 Å². The van der Waals surface area contributed by atoms with Crippen LogP contribution in [0.1, 0.15) is 13.3 Å². The highest BCUT2D eigenvalue weighted by molar-refractivity contribution is 6.31. The molecule has 1 atom stereocenters. The predicted molar refractivity (Wildman–Crippen MR) is 93.5 cm³/mol. The number of halogens is 2. The van der Waals surface area contributed by atoms with Crippen molar-refractivity contribution in [1.82, 2.24) is 0 Å². The van der Waals surface area contributed by atoms with Crippen molar-refractivity contribution in [3.05, 3.63) is 53.3 Å². The van der Waals surface area contributed by atoms with Crippen LogP contribution in [-0.4, -0.2) is 24.5 Å². The molecule has 0 aliphatic carbocycles. The first kappa shape index (κ1) is 17.2. The lowest BCUT2D eigenvalue weighted by molar-refractivity contribution is -0.125. The zero-order valence-electron chi connectivity index (χ0n) is 13.5. The zero-order valence-corrected chi connectivity index (χ0v) is 14.2. The molecule has 0 aromatic heterocycles. The molecule has 2 amide bonds. The minimum atomic E-state index is -0.603. The second-order valence-corrected chi connectivity index (χ2v) is 6.05. The Bertz CT molecular complexity index is 828. The van der Waals surface area contributed by atoms with E-state index >= 15 is 0 Å². The Morgan fingerprint density at radius 1 is 1.32 bits per heavy atom. The lowest BCUT2D eigenvalue weighted by Gasteiger charge is -2.32. The minimum absolute atomic E-state index is 0.0658. The predicted octanol–water partition coefficient (Wildman–Crippen LogP) is 3.62. The van der Waals surface area contributed by atoms with E-state index in [0.29, 0.717) is 17.1 Å². The van der Waals surface area contributed by atoms with E-state index in [2.05, 4.69) is 5.32 Å². The molecule has 0 saturated carbocycles. The molecule has 3 rings (SSSR count). The van der Waals surface area contributed by atoms with Crippen LogP contribution in [0.25, 0.3) is 0 Å². The van der Waals surface area contributed by atoms with Gasteiger partial charge in [0.2, 0.25) is 5.91 Å². The standard InChI is InChI=1S/C18H16ClFN2O3/c1-11-18(24)22(15-4-2-3-5-16(15)25-11)9-8-17(23)21-12-6-7-14(20)13(19)10-12/h2-7,10-11H,8-9H2,1H3,(H,21,23). The zero-order chi connectivity index (χ0) is 18.0. The first-order chi connectivity index (χ1) is 12.0. The quantitative estimate of drug-likeness (QED) is 0.903. The van der Waals surface area contributed by atoms with Crippen molar-refractivity contribution >= 4 is 34.8 Å². The van der Waals surface area contributed by atoms with Gasteiger partial charge in [0.15, 0.2) is 6.10 Å². The molecule has 1 aliphatic heterocycles. The second-order valence-electron chi connectivity index (χ2n) is 5.64. The number of amides is 2. The molecule has 2 aromatic carbocycles. The number of carbonyl (C=O) groups is 2. The number of ether oxygens (including phenoxy) is 1. The van der Waals surface area contributed by atoms with Crippen LogP contribution in [0.4, 0.5) is 15.8 Å². The third-order valence-electron chi connectivity index (χ3n) is 3.84. The van der Waals surface area contributed by atoms with Gasteiger partial charge in [-0.25, -0.2) is 4.39 Å². The van der Waals surface area contributed by atoms with Gasteiger partial charge in [0.05, 0.1) is 10.7 Å². The van der Waals surface area contributed by atoms with Crippen LogP contribution >= 0.6 is 11.6 Å². The summed E-state index contributed by atoms with van der Waals surface area (Å²) in [6.45, 7) is 1.89. The molecule has 0 fully saturated rings. The summed E-state index contributed by atoms with van der Waals surface area (Å²) in [6.07, 6.45) is -0.518. The molecular formula is C18H16ClFN2O3. The molecule has 0 spiro atoms. The lowest BCUT2D eigenvalue weighted by Crippen LogP contribution is -2.45. The number of benzene rings is 2. The number of hydrogen-bond acceptors (Lipinski definition) is 3. The highest BCUT2D eigenvalue weighted by Gasteiger charge is 2.31. The Morgan fingerprint density at radius 3 is 2.84 bits per heavy atom. The number of rotatable bonds is 4. The summed E-state index contributed by atoms with van der Waals surface area (Å²) in [5.74, 6) is -0.437. The van der Waals surface area contributed by atoms with E-state index in [1.807, 2.05) is 6.07 Å². The fraction of sp³-hybridized carbons (Fsp3) is 0.222. The molecule has 5 nitrogen and oxygen atoms in total. The van der Waals surface area contributed by atoms with Gasteiger partial charge in [0.25, 0.3) is 5.91 Å². The third-order valence-corrected chi connectivity index (χ3v) is 4.13. The molecule has 1 unspecified atom stereocenters. The van der Waals surface area contributed by atoms with Gasteiger partial charge < -0.3 is 15.0 Å². The van der Waals surface area contributed by atoms with Crippen LogP contribution in [0.15, 0.2) is 42.5 Å². The van der Waals surface area contributed by atoms with E-state index in [1.54, 1.807) is 30.0 Å². The van der Waals surface area contributed by atoms with E-state index < -0.39 is 11.9 Å². The Labute approximate surface area is 149 Å². The molecular weight excluding hydrogens is 347 g/mol. The van der Waals surface area contributed by atoms with Crippen molar-refractivity contribution in [2.45, 2.75) is 19.4 Å². The van der Waals surface area contributed by atoms with Gasteiger partial charge in [0.1, 0.15) is 11.6 Å². The second kappa shape index (κ2) is 7.11. The van der Waals surface area contributed by atoms with Crippen LogP contribution in [0.5, 0.6) is 5.75 Å². The lowest BCUT2D eigenvalue weighted by atomic mass is 10.1. The molecule has 0 bridgehead atoms. The number of nitrogens with zero attached hydrogens (tertiary/aromatic N) is 1. The average molecular weight is 363 g/mol. The molecule has 1 N–H and O–H groups in total. The number of anilines is 2. The number of fused-ring (bicyclic) bond motifs is 1. The van der Waals surface area contributed by atoms with Gasteiger partial charge >= 0.3 is 0 Å². The van der Waals surface area contributed by atoms with Gasteiger partial charge in [-0.1, -0.05) is 23.7 Å². The van der Waals surface area contributed by atoms with Crippen molar-refractivity contribution < 1.29 is 18.7 Å². The normalized spacial score (nSPS) is 16.2. The van der Waals surface area contributed by atoms with Crippen LogP contribution < -0.4 is 15.0 Å². The van der Waals surface area contributed by atoms with Gasteiger partial charge in [-0.05, 0) is 37.3 Å². The van der Waals surface area contributed by atoms with E-state index in [1.165, 1.54) is 18.2 Å². The fourth-order valence-corrected chi connectivity index (χ4v) is 2.78. The Balaban J connectivity index is 1.67. The molecule has 1 aliphatic rings. The summed E-state index contributed by atoms with van der Waals surface area (Å²) in [6, 6.07) is 11.1. The molecule has 0 saturated heterocycles. The topological polar surface area (TPSA) is 58.6 Å². The van der Waals surface area contributed by atoms with E-state index in [0.717, 1.165) is 0 Å². The van der Waals surface area contributed by atoms with E-state index in [4.69, 9.17) is 16.3 Å². The molecule has 130 valence electrons. The molecule has 7 heteroatoms. The summed E-state index contributed by atoms with van der Waals surface area (Å²) in [7, 11) is 0. The number of nitrogens with one attached hydrogen (secondary N) is 1. The van der Waals surface area contributed by atoms with Crippen LogP contribution in [0.3, 0.4) is 0 Å². The largest absolute Gasteiger partial charge is 0.479 e. The summed E-state index contributed by atoms with van der Waals surface area (Å²) in [5.41, 5.74) is 1.04. The summed E-state index contributed by atoms with van der Waals surface area (Å²) >= 11 is 5.69. The minimum Gasteiger partial charge on any atom is -0.479 e. The van der Waals surface area contributed by atoms with Crippen molar-refractivity contribution in [1.29, 1.82) is 0 Å². The number of hydrogen-bond donors (Lipinski definition) is 1. The molecule has 2 aromatic rings. The first-order valence-corrected chi connectivity index (χ1v) is 8.15. The smallest absolute Gasteiger partial charge is 0.267 e. The van der Waals surface area contributed by atoms with Crippen molar-refractivity contribution in [3.8, 4) is 5.75 Å². The summed E-state index contributed by atoms with van der Waals surface area (Å²) in [4.78, 5) is 26.0. The third kappa shape index (κ3) is 3.74. The Hall–Kier alpha value is -2.60. The maximum atomic E-state index is 13.1. The van der Waals surface area contributed by atoms with Gasteiger partial charge in [-0.3, -0.25) is 9.59 Å². The molecule has 25 heavy (non-hydrogen) atoms. The van der Waals surface area contributed by atoms with Gasteiger partial charge in [0, 0.05) is 18.7 Å². The molecule has 0 radical (unpaired) electrons. The van der Waals surface area contributed by atoms with Crippen molar-refractivity contribution in [2.75, 3.05) is 16.8 Å². The fourth-order valence-electron chi connectivity index (χ4n) is 2.60. The average Bonchev–Trinajstić information content (AvgIpc) is 2.58. The summed E-state index contributed by atoms with van der Waals surface area (Å²) in [5, 5.41) is 2.57. The van der Waals surface area contributed by atoms with Crippen molar-refractivity contribution in [3.63, 3.8) is 0 Å². The maximum Gasteiger partial charge on any atom is 0.267 e. The number of carbonyl (C=O) groups excluding carboxylic acids is 2. The summed E-state index contributed by atoms with van der Waals surface area (Å²) < 4.78 is 18.7. The Kier molecular flexibility index (Phi) is 4.90. The van der Waals surface area contributed by atoms with Crippen LogP contribution in [-0.2, 0) is 9.59 Å². The Morgan fingerprint density at radius 2 is 2.08 bits per heavy atom. The van der Waals surface area contributed by atoms with E-state index in [9.17, 15) is 14.0 Å². The van der Waals surface area contributed by atoms with Gasteiger partial charge in [-0.2, -0.15) is 0 Å². The highest BCUT2D eigenvalue weighted by atomic mass is 35.5.